The Morgan fingerprint density at radius 2 is 1.40 bits per heavy atom. The molecule has 3 rings (SSSR count). The van der Waals surface area contributed by atoms with E-state index >= 15 is 0 Å². The first-order valence-electron chi connectivity index (χ1n) is 10.6. The molecule has 6 heteroatoms. The van der Waals surface area contributed by atoms with E-state index in [1.807, 2.05) is 31.2 Å². The van der Waals surface area contributed by atoms with Crippen molar-refractivity contribution in [1.82, 2.24) is 16.0 Å². The summed E-state index contributed by atoms with van der Waals surface area (Å²) in [5, 5.41) is 8.78. The van der Waals surface area contributed by atoms with E-state index in [0.29, 0.717) is 37.0 Å². The Morgan fingerprint density at radius 1 is 0.833 bits per heavy atom. The molecule has 160 valence electrons. The molecule has 1 fully saturated rings. The second kappa shape index (κ2) is 10.8. The van der Waals surface area contributed by atoms with Crippen LogP contribution in [-0.4, -0.2) is 25.0 Å². The molecule has 0 aromatic heterocycles. The zero-order valence-corrected chi connectivity index (χ0v) is 17.4. The van der Waals surface area contributed by atoms with Crippen LogP contribution in [0, 0.1) is 24.6 Å². The quantitative estimate of drug-likeness (QED) is 0.640. The van der Waals surface area contributed by atoms with Gasteiger partial charge in [0.25, 0.3) is 5.91 Å². The molecule has 0 bridgehead atoms. The maximum absolute atomic E-state index is 12.9. The van der Waals surface area contributed by atoms with Crippen molar-refractivity contribution in [3.63, 3.8) is 0 Å². The smallest absolute Gasteiger partial charge is 0.315 e. The summed E-state index contributed by atoms with van der Waals surface area (Å²) in [5.74, 6) is 0.652. The second-order valence-corrected chi connectivity index (χ2v) is 8.15. The topological polar surface area (TPSA) is 70.2 Å². The van der Waals surface area contributed by atoms with E-state index in [9.17, 15) is 14.0 Å². The van der Waals surface area contributed by atoms with Crippen LogP contribution in [0.4, 0.5) is 9.18 Å². The Bertz CT molecular complexity index is 829. The van der Waals surface area contributed by atoms with Crippen molar-refractivity contribution in [2.75, 3.05) is 13.1 Å². The summed E-state index contributed by atoms with van der Waals surface area (Å²) in [7, 11) is 0. The Morgan fingerprint density at radius 3 is 2.00 bits per heavy atom. The van der Waals surface area contributed by atoms with Crippen LogP contribution in [0.25, 0.3) is 0 Å². The van der Waals surface area contributed by atoms with Crippen molar-refractivity contribution in [1.29, 1.82) is 0 Å². The van der Waals surface area contributed by atoms with Gasteiger partial charge in [0.15, 0.2) is 0 Å². The van der Waals surface area contributed by atoms with Crippen molar-refractivity contribution >= 4 is 11.9 Å². The molecule has 0 unspecified atom stereocenters. The van der Waals surface area contributed by atoms with E-state index in [1.54, 1.807) is 12.1 Å². The van der Waals surface area contributed by atoms with Gasteiger partial charge in [-0.15, -0.1) is 0 Å². The highest BCUT2D eigenvalue weighted by Gasteiger charge is 2.22. The zero-order chi connectivity index (χ0) is 21.3. The normalized spacial score (nSPS) is 18.5. The van der Waals surface area contributed by atoms with Crippen LogP contribution in [0.2, 0.25) is 0 Å². The summed E-state index contributed by atoms with van der Waals surface area (Å²) in [6, 6.07) is 13.5. The van der Waals surface area contributed by atoms with E-state index < -0.39 is 0 Å². The molecule has 0 spiro atoms. The van der Waals surface area contributed by atoms with Crippen LogP contribution < -0.4 is 16.0 Å². The lowest BCUT2D eigenvalue weighted by Gasteiger charge is -2.28. The highest BCUT2D eigenvalue weighted by atomic mass is 19.1. The Hall–Kier alpha value is -2.89. The third-order valence-electron chi connectivity index (χ3n) is 5.75. The standard InChI is InChI=1S/C24H30FN3O2/c1-17-2-10-21(11-3-17)23(29)26-14-18-4-6-19(7-5-18)15-27-24(30)28-16-20-8-12-22(25)13-9-20/h2-3,8-13,18-19H,4-7,14-16H2,1H3,(H,26,29)(H2,27,28,30). The van der Waals surface area contributed by atoms with Crippen LogP contribution >= 0.6 is 0 Å². The van der Waals surface area contributed by atoms with E-state index in [0.717, 1.165) is 36.8 Å². The van der Waals surface area contributed by atoms with Gasteiger partial charge in [0.05, 0.1) is 0 Å². The van der Waals surface area contributed by atoms with E-state index in [-0.39, 0.29) is 17.8 Å². The third-order valence-corrected chi connectivity index (χ3v) is 5.75. The minimum Gasteiger partial charge on any atom is -0.352 e. The fourth-order valence-corrected chi connectivity index (χ4v) is 3.77. The predicted molar refractivity (Wildman–Crippen MR) is 116 cm³/mol. The number of urea groups is 1. The number of carbonyl (C=O) groups excluding carboxylic acids is 2. The summed E-state index contributed by atoms with van der Waals surface area (Å²) in [4.78, 5) is 24.2. The van der Waals surface area contributed by atoms with Crippen molar-refractivity contribution in [2.24, 2.45) is 11.8 Å². The number of nitrogens with one attached hydrogen (secondary N) is 3. The number of hydrogen-bond donors (Lipinski definition) is 3. The first-order valence-corrected chi connectivity index (χ1v) is 10.6. The molecule has 0 aliphatic heterocycles. The number of aryl methyl sites for hydroxylation is 1. The summed E-state index contributed by atoms with van der Waals surface area (Å²) >= 11 is 0. The first kappa shape index (κ1) is 21.8. The predicted octanol–water partition coefficient (Wildman–Crippen LogP) is 4.17. The molecule has 1 saturated carbocycles. The van der Waals surface area contributed by atoms with Crippen LogP contribution in [0.15, 0.2) is 48.5 Å². The number of hydrogen-bond acceptors (Lipinski definition) is 2. The van der Waals surface area contributed by atoms with Crippen LogP contribution in [-0.2, 0) is 6.54 Å². The lowest BCUT2D eigenvalue weighted by molar-refractivity contribution is 0.0941. The minimum absolute atomic E-state index is 0.0170. The molecule has 3 amide bonds. The molecule has 30 heavy (non-hydrogen) atoms. The number of benzene rings is 2. The van der Waals surface area contributed by atoms with Gasteiger partial charge < -0.3 is 16.0 Å². The summed E-state index contributed by atoms with van der Waals surface area (Å²) in [6.45, 7) is 3.73. The maximum atomic E-state index is 12.9. The maximum Gasteiger partial charge on any atom is 0.315 e. The van der Waals surface area contributed by atoms with E-state index in [2.05, 4.69) is 16.0 Å². The number of amides is 3. The van der Waals surface area contributed by atoms with Gasteiger partial charge in [0, 0.05) is 25.2 Å². The molecule has 2 aromatic carbocycles. The largest absolute Gasteiger partial charge is 0.352 e. The molecule has 2 aromatic rings. The monoisotopic (exact) mass is 411 g/mol. The van der Waals surface area contributed by atoms with Gasteiger partial charge in [-0.25, -0.2) is 9.18 Å². The summed E-state index contributed by atoms with van der Waals surface area (Å²) < 4.78 is 12.9. The molecular formula is C24H30FN3O2. The van der Waals surface area contributed by atoms with Crippen molar-refractivity contribution < 1.29 is 14.0 Å². The van der Waals surface area contributed by atoms with Gasteiger partial charge in [-0.2, -0.15) is 0 Å². The molecule has 0 heterocycles. The molecule has 3 N–H and O–H groups in total. The average Bonchev–Trinajstić information content (AvgIpc) is 2.77. The molecule has 1 aliphatic rings. The van der Waals surface area contributed by atoms with Gasteiger partial charge >= 0.3 is 6.03 Å². The van der Waals surface area contributed by atoms with E-state index in [4.69, 9.17) is 0 Å². The molecule has 0 atom stereocenters. The lowest BCUT2D eigenvalue weighted by atomic mass is 9.82. The molecule has 5 nitrogen and oxygen atoms in total. The highest BCUT2D eigenvalue weighted by Crippen LogP contribution is 2.28. The van der Waals surface area contributed by atoms with Crippen LogP contribution in [0.1, 0.15) is 47.2 Å². The Labute approximate surface area is 177 Å². The Kier molecular flexibility index (Phi) is 7.82. The minimum atomic E-state index is -0.284. The van der Waals surface area contributed by atoms with Crippen molar-refractivity contribution in [3.05, 3.63) is 71.0 Å². The van der Waals surface area contributed by atoms with Crippen molar-refractivity contribution in [2.45, 2.75) is 39.2 Å². The lowest BCUT2D eigenvalue weighted by Crippen LogP contribution is -2.39. The number of rotatable bonds is 7. The Balaban J connectivity index is 1.29. The fraction of sp³-hybridized carbons (Fsp3) is 0.417. The van der Waals surface area contributed by atoms with Gasteiger partial charge in [-0.3, -0.25) is 4.79 Å². The fourth-order valence-electron chi connectivity index (χ4n) is 3.77. The van der Waals surface area contributed by atoms with E-state index in [1.165, 1.54) is 12.1 Å². The number of carbonyl (C=O) groups is 2. The zero-order valence-electron chi connectivity index (χ0n) is 17.4. The summed E-state index contributed by atoms with van der Waals surface area (Å²) in [6.07, 6.45) is 4.20. The molecule has 1 aliphatic carbocycles. The van der Waals surface area contributed by atoms with Gasteiger partial charge in [0.1, 0.15) is 5.82 Å². The first-order chi connectivity index (χ1) is 14.5. The molecule has 0 radical (unpaired) electrons. The average molecular weight is 412 g/mol. The van der Waals surface area contributed by atoms with Gasteiger partial charge in [0.2, 0.25) is 0 Å². The van der Waals surface area contributed by atoms with Crippen LogP contribution in [0.5, 0.6) is 0 Å². The van der Waals surface area contributed by atoms with Crippen molar-refractivity contribution in [3.8, 4) is 0 Å². The summed E-state index contributed by atoms with van der Waals surface area (Å²) in [5.41, 5.74) is 2.70. The molecular weight excluding hydrogens is 381 g/mol. The van der Waals surface area contributed by atoms with Gasteiger partial charge in [-0.1, -0.05) is 29.8 Å². The second-order valence-electron chi connectivity index (χ2n) is 8.15. The number of halogens is 1. The SMILES string of the molecule is Cc1ccc(C(=O)NCC2CCC(CNC(=O)NCc3ccc(F)cc3)CC2)cc1. The molecule has 0 saturated heterocycles. The van der Waals surface area contributed by atoms with Crippen LogP contribution in [0.3, 0.4) is 0 Å². The highest BCUT2D eigenvalue weighted by molar-refractivity contribution is 5.94. The third kappa shape index (κ3) is 6.87. The van der Waals surface area contributed by atoms with Gasteiger partial charge in [-0.05, 0) is 74.3 Å².